The van der Waals surface area contributed by atoms with Crippen molar-refractivity contribution in [1.82, 2.24) is 4.98 Å². The molecule has 0 bridgehead atoms. The minimum Gasteiger partial charge on any atom is -0.394 e. The largest absolute Gasteiger partial charge is 0.394 e. The van der Waals surface area contributed by atoms with Crippen LogP contribution in [0.5, 0.6) is 0 Å². The van der Waals surface area contributed by atoms with Crippen LogP contribution in [0.15, 0.2) is 48.5 Å². The van der Waals surface area contributed by atoms with Crippen molar-refractivity contribution in [2.75, 3.05) is 11.5 Å². The molecule has 0 amide bonds. The maximum absolute atomic E-state index is 13.4. The van der Waals surface area contributed by atoms with E-state index in [1.807, 2.05) is 36.1 Å². The van der Waals surface area contributed by atoms with Gasteiger partial charge in [-0.1, -0.05) is 43.3 Å². The number of benzene rings is 2. The highest BCUT2D eigenvalue weighted by molar-refractivity contribution is 7.15. The first-order valence-corrected chi connectivity index (χ1v) is 10.5. The van der Waals surface area contributed by atoms with Crippen LogP contribution in [0.1, 0.15) is 29.0 Å². The van der Waals surface area contributed by atoms with E-state index >= 15 is 0 Å². The third kappa shape index (κ3) is 3.31. The first-order valence-electron chi connectivity index (χ1n) is 9.69. The molecule has 1 aliphatic heterocycles. The number of nitrogens with zero attached hydrogens (tertiary/aromatic N) is 3. The van der Waals surface area contributed by atoms with E-state index in [0.29, 0.717) is 0 Å². The van der Waals surface area contributed by atoms with E-state index in [9.17, 15) is 14.8 Å². The lowest BCUT2D eigenvalue weighted by molar-refractivity contribution is 0.188. The topological polar surface area (TPSA) is 60.2 Å². The third-order valence-corrected chi connectivity index (χ3v) is 6.94. The van der Waals surface area contributed by atoms with E-state index in [2.05, 4.69) is 18.0 Å². The summed E-state index contributed by atoms with van der Waals surface area (Å²) in [7, 11) is 0. The number of nitriles is 1. The van der Waals surface area contributed by atoms with Gasteiger partial charge in [0.1, 0.15) is 11.9 Å². The monoisotopic (exact) mass is 407 g/mol. The van der Waals surface area contributed by atoms with Gasteiger partial charge < -0.3 is 10.0 Å². The Morgan fingerprint density at radius 1 is 1.21 bits per heavy atom. The van der Waals surface area contributed by atoms with Crippen molar-refractivity contribution < 1.29 is 9.50 Å². The summed E-state index contributed by atoms with van der Waals surface area (Å²) >= 11 is 1.59. The second-order valence-corrected chi connectivity index (χ2v) is 8.27. The number of aliphatic hydroxyl groups is 1. The van der Waals surface area contributed by atoms with E-state index in [1.165, 1.54) is 17.0 Å². The van der Waals surface area contributed by atoms with Crippen molar-refractivity contribution in [1.29, 1.82) is 5.26 Å². The minimum atomic E-state index is -0.413. The van der Waals surface area contributed by atoms with E-state index in [4.69, 9.17) is 0 Å². The summed E-state index contributed by atoms with van der Waals surface area (Å²) in [5, 5.41) is 20.9. The summed E-state index contributed by atoms with van der Waals surface area (Å²) in [6.45, 7) is 4.00. The molecule has 0 unspecified atom stereocenters. The van der Waals surface area contributed by atoms with Gasteiger partial charge in [0.2, 0.25) is 0 Å². The molecule has 3 atom stereocenters. The van der Waals surface area contributed by atoms with Crippen molar-refractivity contribution in [3.63, 3.8) is 0 Å². The molecule has 0 saturated carbocycles. The number of halogens is 1. The molecule has 2 heterocycles. The zero-order valence-corrected chi connectivity index (χ0v) is 17.2. The molecule has 148 valence electrons. The van der Waals surface area contributed by atoms with Crippen LogP contribution in [0.25, 0.3) is 11.1 Å². The van der Waals surface area contributed by atoms with E-state index in [1.54, 1.807) is 23.5 Å². The molecule has 1 aliphatic rings. The van der Waals surface area contributed by atoms with Gasteiger partial charge in [-0.2, -0.15) is 5.26 Å². The molecule has 0 radical (unpaired) electrons. The highest BCUT2D eigenvalue weighted by atomic mass is 32.1. The molecule has 1 fully saturated rings. The van der Waals surface area contributed by atoms with Gasteiger partial charge >= 0.3 is 0 Å². The Bertz CT molecular complexity index is 1060. The Kier molecular flexibility index (Phi) is 5.35. The Balaban J connectivity index is 1.74. The fourth-order valence-electron chi connectivity index (χ4n) is 4.17. The smallest absolute Gasteiger partial charge is 0.187 e. The minimum absolute atomic E-state index is 0.0688. The number of aromatic nitrogens is 1. The summed E-state index contributed by atoms with van der Waals surface area (Å²) in [6.07, 6.45) is 0.898. The summed E-state index contributed by atoms with van der Waals surface area (Å²) in [5.74, 6) is -0.435. The SMILES string of the molecule is CCc1sc(N2[C@@H](C#N)[C@@H](c3ccccc3-c3ccc(F)cc3)[C@@H]2CO)nc1C. The number of aliphatic hydroxyl groups excluding tert-OH is 1. The highest BCUT2D eigenvalue weighted by Crippen LogP contribution is 2.47. The Morgan fingerprint density at radius 2 is 1.93 bits per heavy atom. The predicted molar refractivity (Wildman–Crippen MR) is 114 cm³/mol. The lowest BCUT2D eigenvalue weighted by Gasteiger charge is -2.52. The number of thiazole rings is 1. The molecule has 0 spiro atoms. The molecule has 3 aromatic rings. The average molecular weight is 408 g/mol. The fourth-order valence-corrected chi connectivity index (χ4v) is 5.27. The average Bonchev–Trinajstić information content (AvgIpc) is 3.09. The molecule has 6 heteroatoms. The standard InChI is InChI=1S/C23H22FN3OS/c1-3-21-14(2)26-23(29-21)27-19(12-25)22(20(27)13-28)18-7-5-4-6-17(18)15-8-10-16(24)11-9-15/h4-11,19-20,22,28H,3,13H2,1-2H3/t19-,20-,22+/m0/s1. The molecular formula is C23H22FN3OS. The number of anilines is 1. The van der Waals surface area contributed by atoms with Gasteiger partial charge in [-0.15, -0.1) is 11.3 Å². The number of hydrogen-bond acceptors (Lipinski definition) is 5. The lowest BCUT2D eigenvalue weighted by Crippen LogP contribution is -2.63. The molecule has 1 aromatic heterocycles. The van der Waals surface area contributed by atoms with Crippen molar-refractivity contribution in [3.05, 3.63) is 70.5 Å². The molecular weight excluding hydrogens is 385 g/mol. The first kappa shape index (κ1) is 19.6. The molecule has 29 heavy (non-hydrogen) atoms. The predicted octanol–water partition coefficient (Wildman–Crippen LogP) is 4.68. The van der Waals surface area contributed by atoms with Crippen LogP contribution in [0, 0.1) is 24.1 Å². The Morgan fingerprint density at radius 3 is 2.55 bits per heavy atom. The van der Waals surface area contributed by atoms with Crippen molar-refractivity contribution in [2.24, 2.45) is 0 Å². The van der Waals surface area contributed by atoms with E-state index in [0.717, 1.165) is 33.9 Å². The van der Waals surface area contributed by atoms with Crippen LogP contribution in [-0.2, 0) is 6.42 Å². The van der Waals surface area contributed by atoms with Crippen molar-refractivity contribution in [3.8, 4) is 17.2 Å². The highest BCUT2D eigenvalue weighted by Gasteiger charge is 2.51. The maximum Gasteiger partial charge on any atom is 0.187 e. The van der Waals surface area contributed by atoms with Gasteiger partial charge in [0.05, 0.1) is 24.4 Å². The van der Waals surface area contributed by atoms with E-state index in [-0.39, 0.29) is 24.4 Å². The van der Waals surface area contributed by atoms with Crippen LogP contribution in [0.3, 0.4) is 0 Å². The number of aryl methyl sites for hydroxylation is 2. The number of hydrogen-bond donors (Lipinski definition) is 1. The third-order valence-electron chi connectivity index (χ3n) is 5.63. The van der Waals surface area contributed by atoms with Gasteiger partial charge in [0, 0.05) is 10.8 Å². The van der Waals surface area contributed by atoms with Gasteiger partial charge in [-0.05, 0) is 42.2 Å². The molecule has 4 nitrogen and oxygen atoms in total. The maximum atomic E-state index is 13.4. The normalized spacial score (nSPS) is 20.9. The zero-order valence-electron chi connectivity index (χ0n) is 16.3. The summed E-state index contributed by atoms with van der Waals surface area (Å²) in [5.41, 5.74) is 3.83. The first-order chi connectivity index (χ1) is 14.1. The second kappa shape index (κ2) is 7.94. The number of rotatable bonds is 5. The van der Waals surface area contributed by atoms with Crippen molar-refractivity contribution in [2.45, 2.75) is 38.3 Å². The molecule has 1 saturated heterocycles. The second-order valence-electron chi connectivity index (χ2n) is 7.21. The van der Waals surface area contributed by atoms with E-state index < -0.39 is 6.04 Å². The Labute approximate surface area is 173 Å². The molecule has 1 N–H and O–H groups in total. The quantitative estimate of drug-likeness (QED) is 0.667. The van der Waals surface area contributed by atoms with Crippen molar-refractivity contribution >= 4 is 16.5 Å². The van der Waals surface area contributed by atoms with Crippen LogP contribution >= 0.6 is 11.3 Å². The van der Waals surface area contributed by atoms with Gasteiger partial charge in [-0.3, -0.25) is 0 Å². The lowest BCUT2D eigenvalue weighted by atomic mass is 9.74. The molecule has 0 aliphatic carbocycles. The van der Waals surface area contributed by atoms with Crippen LogP contribution in [0.4, 0.5) is 9.52 Å². The van der Waals surface area contributed by atoms with Crippen LogP contribution in [0.2, 0.25) is 0 Å². The van der Waals surface area contributed by atoms with Crippen LogP contribution < -0.4 is 4.90 Å². The summed E-state index contributed by atoms with van der Waals surface area (Å²) in [6, 6.07) is 16.0. The van der Waals surface area contributed by atoms with Gasteiger partial charge in [0.15, 0.2) is 5.13 Å². The van der Waals surface area contributed by atoms with Gasteiger partial charge in [0.25, 0.3) is 0 Å². The van der Waals surface area contributed by atoms with Gasteiger partial charge in [-0.25, -0.2) is 9.37 Å². The molecule has 4 rings (SSSR count). The fraction of sp³-hybridized carbons (Fsp3) is 0.304. The summed E-state index contributed by atoms with van der Waals surface area (Å²) in [4.78, 5) is 7.80. The zero-order chi connectivity index (χ0) is 20.5. The molecule has 2 aromatic carbocycles. The Hall–Kier alpha value is -2.75. The summed E-state index contributed by atoms with van der Waals surface area (Å²) < 4.78 is 13.4. The van der Waals surface area contributed by atoms with Crippen LogP contribution in [-0.4, -0.2) is 28.8 Å².